The summed E-state index contributed by atoms with van der Waals surface area (Å²) in [6.45, 7) is 0. The maximum absolute atomic E-state index is 5.56. The fraction of sp³-hybridized carbons (Fsp3) is 0.0517. The lowest BCUT2D eigenvalue weighted by molar-refractivity contribution is 0.792. The Morgan fingerprint density at radius 1 is 0.390 bits per heavy atom. The molecule has 1 unspecified atom stereocenters. The molecule has 1 heteroatoms. The Kier molecular flexibility index (Phi) is 6.83. The van der Waals surface area contributed by atoms with E-state index in [1.807, 2.05) is 0 Å². The molecule has 274 valence electrons. The van der Waals surface area contributed by atoms with Gasteiger partial charge in [0.15, 0.2) is 0 Å². The summed E-state index contributed by atoms with van der Waals surface area (Å²) in [5.74, 6) is 0. The zero-order valence-electron chi connectivity index (χ0n) is 32.4. The topological polar surface area (TPSA) is 12.4 Å². The van der Waals surface area contributed by atoms with E-state index in [4.69, 9.17) is 4.99 Å². The van der Waals surface area contributed by atoms with Crippen molar-refractivity contribution >= 4 is 32.8 Å². The van der Waals surface area contributed by atoms with Crippen LogP contribution in [-0.2, 0) is 5.41 Å². The van der Waals surface area contributed by atoms with E-state index in [-0.39, 0.29) is 11.5 Å². The Bertz CT molecular complexity index is 3310. The van der Waals surface area contributed by atoms with Gasteiger partial charge in [-0.25, -0.2) is 0 Å². The average molecular weight is 748 g/mol. The minimum absolute atomic E-state index is 0.0674. The highest BCUT2D eigenvalue weighted by Crippen LogP contribution is 2.64. The Labute approximate surface area is 344 Å². The van der Waals surface area contributed by atoms with E-state index in [1.165, 1.54) is 105 Å². The third-order valence-corrected chi connectivity index (χ3v) is 13.5. The van der Waals surface area contributed by atoms with Crippen LogP contribution in [0, 0.1) is 0 Å². The lowest BCUT2D eigenvalue weighted by atomic mass is 9.69. The first-order valence-electron chi connectivity index (χ1n) is 20.8. The van der Waals surface area contributed by atoms with Gasteiger partial charge < -0.3 is 0 Å². The largest absolute Gasteiger partial charge is 0.276 e. The second kappa shape index (κ2) is 12.3. The molecule has 0 amide bonds. The van der Waals surface area contributed by atoms with Gasteiger partial charge in [0.1, 0.15) is 0 Å². The van der Waals surface area contributed by atoms with Gasteiger partial charge in [0, 0.05) is 11.1 Å². The Morgan fingerprint density at radius 2 is 0.915 bits per heavy atom. The lowest BCUT2D eigenvalue weighted by Crippen LogP contribution is -2.27. The third kappa shape index (κ3) is 4.59. The van der Waals surface area contributed by atoms with Crippen LogP contribution in [0.2, 0.25) is 0 Å². The summed E-state index contributed by atoms with van der Waals surface area (Å²) in [5, 5.41) is 5.02. The van der Waals surface area contributed by atoms with Gasteiger partial charge in [-0.15, -0.1) is 0 Å². The van der Waals surface area contributed by atoms with Crippen molar-refractivity contribution in [2.75, 3.05) is 0 Å². The Morgan fingerprint density at radius 3 is 1.61 bits per heavy atom. The van der Waals surface area contributed by atoms with Crippen molar-refractivity contribution in [3.8, 4) is 44.5 Å². The van der Waals surface area contributed by atoms with Crippen LogP contribution in [0.1, 0.15) is 45.4 Å². The van der Waals surface area contributed by atoms with Crippen LogP contribution in [0.3, 0.4) is 0 Å². The molecule has 0 radical (unpaired) electrons. The maximum Gasteiger partial charge on any atom is 0.0797 e. The minimum atomic E-state index is -0.374. The fourth-order valence-electron chi connectivity index (χ4n) is 10.9. The number of nitrogens with zero attached hydrogens (tertiary/aromatic N) is 1. The SMILES string of the molecule is C1=CCC2N=C(c3ccc(-c4ccc5ccc(-c6ccc7ccccc7c6)cc5c4)cc3)c3ccc4c(c3C2=C1)-c1ccccc1C41c2ccccc2-c2ccccc21. The van der Waals surface area contributed by atoms with Crippen LogP contribution in [-0.4, -0.2) is 11.8 Å². The summed E-state index contributed by atoms with van der Waals surface area (Å²) in [4.78, 5) is 5.56. The summed E-state index contributed by atoms with van der Waals surface area (Å²) < 4.78 is 0. The van der Waals surface area contributed by atoms with E-state index in [0.29, 0.717) is 0 Å². The number of allylic oxidation sites excluding steroid dienone is 2. The Balaban J connectivity index is 0.931. The molecule has 0 N–H and O–H groups in total. The summed E-state index contributed by atoms with van der Waals surface area (Å²) in [6, 6.07) is 70.3. The van der Waals surface area contributed by atoms with Crippen molar-refractivity contribution in [2.45, 2.75) is 17.9 Å². The summed E-state index contributed by atoms with van der Waals surface area (Å²) in [5.41, 5.74) is 21.5. The van der Waals surface area contributed by atoms with E-state index in [0.717, 1.165) is 17.7 Å². The average Bonchev–Trinajstić information content (AvgIpc) is 3.78. The van der Waals surface area contributed by atoms with Crippen molar-refractivity contribution in [1.29, 1.82) is 0 Å². The molecule has 9 aromatic rings. The number of aliphatic imine (C=N–C) groups is 1. The first-order chi connectivity index (χ1) is 29.2. The third-order valence-electron chi connectivity index (χ3n) is 13.5. The molecule has 4 aliphatic rings. The van der Waals surface area contributed by atoms with E-state index >= 15 is 0 Å². The molecular weight excluding hydrogens is 711 g/mol. The van der Waals surface area contributed by atoms with Crippen LogP contribution in [0.15, 0.2) is 211 Å². The quantitative estimate of drug-likeness (QED) is 0.171. The van der Waals surface area contributed by atoms with Crippen LogP contribution in [0.4, 0.5) is 0 Å². The molecule has 1 nitrogen and oxygen atoms in total. The normalized spacial score (nSPS) is 16.2. The van der Waals surface area contributed by atoms with Gasteiger partial charge in [0.05, 0.1) is 17.2 Å². The molecule has 1 aliphatic heterocycles. The van der Waals surface area contributed by atoms with E-state index in [1.54, 1.807) is 0 Å². The molecule has 0 saturated heterocycles. The van der Waals surface area contributed by atoms with Gasteiger partial charge in [-0.1, -0.05) is 188 Å². The smallest absolute Gasteiger partial charge is 0.0797 e. The first-order valence-corrected chi connectivity index (χ1v) is 20.8. The molecular formula is C58H37N. The highest BCUT2D eigenvalue weighted by Gasteiger charge is 2.52. The van der Waals surface area contributed by atoms with Crippen LogP contribution < -0.4 is 0 Å². The van der Waals surface area contributed by atoms with Gasteiger partial charge in [0.2, 0.25) is 0 Å². The van der Waals surface area contributed by atoms with Crippen molar-refractivity contribution in [1.82, 2.24) is 0 Å². The highest BCUT2D eigenvalue weighted by atomic mass is 14.8. The molecule has 0 bridgehead atoms. The van der Waals surface area contributed by atoms with Crippen molar-refractivity contribution in [2.24, 2.45) is 4.99 Å². The molecule has 3 aliphatic carbocycles. The molecule has 1 atom stereocenters. The van der Waals surface area contributed by atoms with Gasteiger partial charge in [0.25, 0.3) is 0 Å². The number of rotatable bonds is 3. The molecule has 9 aromatic carbocycles. The van der Waals surface area contributed by atoms with Crippen molar-refractivity contribution < 1.29 is 0 Å². The van der Waals surface area contributed by atoms with Crippen molar-refractivity contribution in [3.63, 3.8) is 0 Å². The molecule has 0 aromatic heterocycles. The van der Waals surface area contributed by atoms with E-state index < -0.39 is 0 Å². The number of fused-ring (bicyclic) bond motifs is 16. The van der Waals surface area contributed by atoms with Gasteiger partial charge >= 0.3 is 0 Å². The number of benzene rings is 9. The predicted octanol–water partition coefficient (Wildman–Crippen LogP) is 14.2. The minimum Gasteiger partial charge on any atom is -0.276 e. The Hall–Kier alpha value is -7.35. The van der Waals surface area contributed by atoms with E-state index in [2.05, 4.69) is 206 Å². The highest BCUT2D eigenvalue weighted by molar-refractivity contribution is 6.20. The van der Waals surface area contributed by atoms with E-state index in [9.17, 15) is 0 Å². The zero-order chi connectivity index (χ0) is 38.7. The zero-order valence-corrected chi connectivity index (χ0v) is 32.4. The molecule has 13 rings (SSSR count). The number of hydrogen-bond acceptors (Lipinski definition) is 1. The second-order valence-electron chi connectivity index (χ2n) is 16.5. The first kappa shape index (κ1) is 32.7. The van der Waals surface area contributed by atoms with Crippen LogP contribution in [0.5, 0.6) is 0 Å². The maximum atomic E-state index is 5.56. The number of hydrogen-bond donors (Lipinski definition) is 0. The van der Waals surface area contributed by atoms with Gasteiger partial charge in [-0.3, -0.25) is 4.99 Å². The molecule has 0 saturated carbocycles. The summed E-state index contributed by atoms with van der Waals surface area (Å²) in [6.07, 6.45) is 7.73. The molecule has 0 fully saturated rings. The predicted molar refractivity (Wildman–Crippen MR) is 246 cm³/mol. The molecule has 1 heterocycles. The summed E-state index contributed by atoms with van der Waals surface area (Å²) >= 11 is 0. The molecule has 59 heavy (non-hydrogen) atoms. The van der Waals surface area contributed by atoms with Crippen molar-refractivity contribution in [3.05, 3.63) is 245 Å². The van der Waals surface area contributed by atoms with Crippen LogP contribution >= 0.6 is 0 Å². The monoisotopic (exact) mass is 747 g/mol. The fourth-order valence-corrected chi connectivity index (χ4v) is 10.9. The standard InChI is InChI=1S/C58H37N/c1-2-12-40-33-42(29-23-36(40)11-1)43-30-25-38-24-28-41(34-44(38)35-43)37-21-26-39(27-22-37)57-49-31-32-53-56(55(49)48-16-6-10-20-54(48)59-57)47-15-5-9-19-52(47)58(53)50-17-7-3-13-45(50)46-14-4-8-18-51(46)58/h1-19,21-35,54H,20H2. The van der Waals surface area contributed by atoms with Gasteiger partial charge in [-0.2, -0.15) is 0 Å². The molecule has 1 spiro atoms. The lowest BCUT2D eigenvalue weighted by Gasteiger charge is -2.33. The van der Waals surface area contributed by atoms with Crippen LogP contribution in [0.25, 0.3) is 71.6 Å². The summed E-state index contributed by atoms with van der Waals surface area (Å²) in [7, 11) is 0. The van der Waals surface area contributed by atoms with Gasteiger partial charge in [-0.05, 0) is 124 Å². The second-order valence-corrected chi connectivity index (χ2v) is 16.5.